The third-order valence-electron chi connectivity index (χ3n) is 13.8. The number of hydrogen-bond donors (Lipinski definition) is 0. The molecule has 0 unspecified atom stereocenters. The van der Waals surface area contributed by atoms with Gasteiger partial charge < -0.3 is 4.57 Å². The van der Waals surface area contributed by atoms with E-state index in [1.165, 1.54) is 69.3 Å². The summed E-state index contributed by atoms with van der Waals surface area (Å²) in [5.74, 6) is 1.88. The predicted octanol–water partition coefficient (Wildman–Crippen LogP) is 17.6. The molecular formula is C65H40N4S. The molecule has 3 heterocycles. The van der Waals surface area contributed by atoms with E-state index in [2.05, 4.69) is 247 Å². The van der Waals surface area contributed by atoms with Gasteiger partial charge in [-0.2, -0.15) is 0 Å². The highest BCUT2D eigenvalue weighted by Crippen LogP contribution is 2.45. The monoisotopic (exact) mass is 908 g/mol. The fourth-order valence-corrected chi connectivity index (χ4v) is 11.7. The Bertz CT molecular complexity index is 4290. The summed E-state index contributed by atoms with van der Waals surface area (Å²) in [5, 5.41) is 9.68. The molecule has 0 spiro atoms. The lowest BCUT2D eigenvalue weighted by molar-refractivity contribution is 1.08. The summed E-state index contributed by atoms with van der Waals surface area (Å²) in [5.41, 5.74) is 13.3. The van der Waals surface area contributed by atoms with E-state index in [0.717, 1.165) is 50.0 Å². The molecule has 326 valence electrons. The Kier molecular flexibility index (Phi) is 9.36. The summed E-state index contributed by atoms with van der Waals surface area (Å²) >= 11 is 1.83. The van der Waals surface area contributed by atoms with E-state index in [-0.39, 0.29) is 0 Å². The van der Waals surface area contributed by atoms with Gasteiger partial charge in [0.05, 0.1) is 21.4 Å². The van der Waals surface area contributed by atoms with Crippen LogP contribution in [-0.4, -0.2) is 19.5 Å². The lowest BCUT2D eigenvalue weighted by atomic mass is 9.95. The zero-order valence-electron chi connectivity index (χ0n) is 37.8. The summed E-state index contributed by atoms with van der Waals surface area (Å²) in [4.78, 5) is 15.9. The molecule has 0 saturated heterocycles. The first-order chi connectivity index (χ1) is 34.7. The zero-order valence-corrected chi connectivity index (χ0v) is 38.6. The molecule has 0 amide bonds. The minimum Gasteiger partial charge on any atom is -0.307 e. The second-order valence-corrected chi connectivity index (χ2v) is 19.0. The summed E-state index contributed by atoms with van der Waals surface area (Å²) in [6, 6.07) is 87.0. The molecule has 14 aromatic rings. The van der Waals surface area contributed by atoms with Gasteiger partial charge in [0.25, 0.3) is 0 Å². The first kappa shape index (κ1) is 40.1. The smallest absolute Gasteiger partial charge is 0.164 e. The highest BCUT2D eigenvalue weighted by molar-refractivity contribution is 7.26. The summed E-state index contributed by atoms with van der Waals surface area (Å²) in [7, 11) is 0. The predicted molar refractivity (Wildman–Crippen MR) is 295 cm³/mol. The zero-order chi connectivity index (χ0) is 46.1. The van der Waals surface area contributed by atoms with E-state index in [1.807, 2.05) is 11.3 Å². The Morgan fingerprint density at radius 1 is 0.300 bits per heavy atom. The Balaban J connectivity index is 0.968. The molecular weight excluding hydrogens is 869 g/mol. The van der Waals surface area contributed by atoms with Gasteiger partial charge in [-0.15, -0.1) is 11.3 Å². The van der Waals surface area contributed by atoms with Crippen LogP contribution in [0.3, 0.4) is 0 Å². The van der Waals surface area contributed by atoms with E-state index in [1.54, 1.807) is 0 Å². The average Bonchev–Trinajstić information content (AvgIpc) is 3.99. The highest BCUT2D eigenvalue weighted by atomic mass is 32.1. The van der Waals surface area contributed by atoms with Crippen molar-refractivity contribution in [3.05, 3.63) is 243 Å². The standard InChI is InChI=1S/C65H40N4S/c1-4-17-41(18-5-1)48-36-49(42-19-6-2-7-20-42)38-50(37-48)65-67-63(46-32-31-43-21-10-11-24-45(43)35-46)66-64(68-65)47-33-34-53-55-28-16-30-59(62(55)70-60(53)39-47)69-58-29-15-14-26-52(58)57-40-56(44-22-8-3-9-23-44)51-25-12-13-27-54(51)61(57)69/h1-40H. The topological polar surface area (TPSA) is 43.6 Å². The van der Waals surface area contributed by atoms with Gasteiger partial charge in [0.1, 0.15) is 0 Å². The molecule has 5 heteroatoms. The fraction of sp³-hybridized carbons (Fsp3) is 0. The summed E-state index contributed by atoms with van der Waals surface area (Å²) < 4.78 is 4.90. The van der Waals surface area contributed by atoms with Crippen molar-refractivity contribution in [2.45, 2.75) is 0 Å². The fourth-order valence-electron chi connectivity index (χ4n) is 10.5. The first-order valence-corrected chi connectivity index (χ1v) is 24.5. The van der Waals surface area contributed by atoms with Gasteiger partial charge in [0.15, 0.2) is 17.5 Å². The second-order valence-electron chi connectivity index (χ2n) is 18.0. The van der Waals surface area contributed by atoms with Crippen LogP contribution in [0.2, 0.25) is 0 Å². The molecule has 3 aromatic heterocycles. The maximum atomic E-state index is 5.35. The number of benzene rings is 11. The van der Waals surface area contributed by atoms with Crippen molar-refractivity contribution in [3.8, 4) is 73.2 Å². The molecule has 11 aromatic carbocycles. The molecule has 70 heavy (non-hydrogen) atoms. The molecule has 14 rings (SSSR count). The van der Waals surface area contributed by atoms with Crippen molar-refractivity contribution in [1.29, 1.82) is 0 Å². The maximum Gasteiger partial charge on any atom is 0.164 e. The van der Waals surface area contributed by atoms with E-state index in [4.69, 9.17) is 15.0 Å². The molecule has 0 fully saturated rings. The lowest BCUT2D eigenvalue weighted by Gasteiger charge is -2.13. The van der Waals surface area contributed by atoms with Crippen LogP contribution in [0.15, 0.2) is 243 Å². The van der Waals surface area contributed by atoms with E-state index in [0.29, 0.717) is 17.5 Å². The van der Waals surface area contributed by atoms with Gasteiger partial charge in [-0.05, 0) is 98.1 Å². The van der Waals surface area contributed by atoms with E-state index >= 15 is 0 Å². The van der Waals surface area contributed by atoms with Crippen LogP contribution in [0.5, 0.6) is 0 Å². The number of rotatable bonds is 7. The van der Waals surface area contributed by atoms with Crippen molar-refractivity contribution < 1.29 is 0 Å². The minimum atomic E-state index is 0.621. The van der Waals surface area contributed by atoms with Crippen molar-refractivity contribution in [2.24, 2.45) is 0 Å². The molecule has 0 aliphatic rings. The second kappa shape index (κ2) is 16.3. The number of hydrogen-bond acceptors (Lipinski definition) is 4. The largest absolute Gasteiger partial charge is 0.307 e. The molecule has 0 aliphatic heterocycles. The van der Waals surface area contributed by atoms with Crippen LogP contribution in [0, 0.1) is 0 Å². The Labute approximate surface area is 408 Å². The molecule has 0 saturated carbocycles. The first-order valence-electron chi connectivity index (χ1n) is 23.7. The van der Waals surface area contributed by atoms with Crippen molar-refractivity contribution >= 4 is 74.9 Å². The van der Waals surface area contributed by atoms with Crippen LogP contribution >= 0.6 is 11.3 Å². The Morgan fingerprint density at radius 2 is 0.843 bits per heavy atom. The average molecular weight is 909 g/mol. The van der Waals surface area contributed by atoms with Crippen molar-refractivity contribution in [2.75, 3.05) is 0 Å². The van der Waals surface area contributed by atoms with Crippen LogP contribution in [0.1, 0.15) is 0 Å². The number of aromatic nitrogens is 4. The Morgan fingerprint density at radius 3 is 1.56 bits per heavy atom. The normalized spacial score (nSPS) is 11.7. The molecule has 4 nitrogen and oxygen atoms in total. The van der Waals surface area contributed by atoms with Crippen LogP contribution in [0.25, 0.3) is 137 Å². The number of thiophene rings is 1. The third-order valence-corrected chi connectivity index (χ3v) is 15.0. The highest BCUT2D eigenvalue weighted by Gasteiger charge is 2.22. The number of para-hydroxylation sites is 1. The van der Waals surface area contributed by atoms with Gasteiger partial charge in [0, 0.05) is 48.3 Å². The SMILES string of the molecule is c1ccc(-c2cc(-c3ccccc3)cc(-c3nc(-c4ccc5ccccc5c4)nc(-c4ccc5c(c4)sc4c(-n6c7ccccc7c7cc(-c8ccccc8)c8ccccc8c76)cccc45)n3)c2)cc1. The van der Waals surface area contributed by atoms with E-state index in [9.17, 15) is 0 Å². The molecule has 0 atom stereocenters. The van der Waals surface area contributed by atoms with Crippen LogP contribution in [-0.2, 0) is 0 Å². The summed E-state index contributed by atoms with van der Waals surface area (Å²) in [6.45, 7) is 0. The van der Waals surface area contributed by atoms with Gasteiger partial charge in [-0.25, -0.2) is 15.0 Å². The summed E-state index contributed by atoms with van der Waals surface area (Å²) in [6.07, 6.45) is 0. The molecule has 0 aliphatic carbocycles. The van der Waals surface area contributed by atoms with Crippen molar-refractivity contribution in [1.82, 2.24) is 19.5 Å². The van der Waals surface area contributed by atoms with Crippen LogP contribution in [0.4, 0.5) is 0 Å². The van der Waals surface area contributed by atoms with Gasteiger partial charge >= 0.3 is 0 Å². The van der Waals surface area contributed by atoms with Gasteiger partial charge in [0.2, 0.25) is 0 Å². The third kappa shape index (κ3) is 6.70. The minimum absolute atomic E-state index is 0.621. The molecule has 0 radical (unpaired) electrons. The Hall–Kier alpha value is -9.03. The lowest BCUT2D eigenvalue weighted by Crippen LogP contribution is -2.00. The van der Waals surface area contributed by atoms with Crippen LogP contribution < -0.4 is 0 Å². The van der Waals surface area contributed by atoms with Gasteiger partial charge in [-0.3, -0.25) is 0 Å². The van der Waals surface area contributed by atoms with Gasteiger partial charge in [-0.1, -0.05) is 194 Å². The number of fused-ring (bicyclic) bond motifs is 9. The maximum absolute atomic E-state index is 5.35. The quantitative estimate of drug-likeness (QED) is 0.160. The van der Waals surface area contributed by atoms with Crippen molar-refractivity contribution in [3.63, 3.8) is 0 Å². The molecule has 0 N–H and O–H groups in total. The number of nitrogens with zero attached hydrogens (tertiary/aromatic N) is 4. The van der Waals surface area contributed by atoms with E-state index < -0.39 is 0 Å². The molecule has 0 bridgehead atoms.